The highest BCUT2D eigenvalue weighted by molar-refractivity contribution is 5.89. The molecule has 3 saturated heterocycles. The first-order chi connectivity index (χ1) is 41.0. The number of nitrogens with two attached hydrogens (primary N) is 1. The number of ether oxygens (including phenoxy) is 3. The van der Waals surface area contributed by atoms with Gasteiger partial charge in [0.25, 0.3) is 0 Å². The van der Waals surface area contributed by atoms with Gasteiger partial charge in [0.15, 0.2) is 5.78 Å². The van der Waals surface area contributed by atoms with Crippen LogP contribution < -0.4 is 21.4 Å². The van der Waals surface area contributed by atoms with E-state index in [0.717, 1.165) is 68.2 Å². The molecule has 0 spiro atoms. The van der Waals surface area contributed by atoms with Gasteiger partial charge in [0.05, 0.1) is 48.5 Å². The van der Waals surface area contributed by atoms with Crippen molar-refractivity contribution in [2.24, 2.45) is 33.4 Å². The average Bonchev–Trinajstić information content (AvgIpc) is 1.86. The first-order valence-corrected chi connectivity index (χ1v) is 29.0. The van der Waals surface area contributed by atoms with Crippen LogP contribution in [0.15, 0.2) is 65.8 Å². The quantitative estimate of drug-likeness (QED) is 0.0148. The van der Waals surface area contributed by atoms with Crippen LogP contribution in [0.1, 0.15) is 113 Å². The van der Waals surface area contributed by atoms with Gasteiger partial charge in [0, 0.05) is 85.0 Å². The van der Waals surface area contributed by atoms with E-state index in [2.05, 4.69) is 37.4 Å². The van der Waals surface area contributed by atoms with Crippen molar-refractivity contribution in [3.05, 3.63) is 100 Å². The number of amides is 2. The van der Waals surface area contributed by atoms with Gasteiger partial charge in [-0.25, -0.2) is 28.6 Å². The second-order valence-electron chi connectivity index (χ2n) is 24.2. The summed E-state index contributed by atoms with van der Waals surface area (Å²) in [6, 6.07) is 10.9. The predicted octanol–water partition coefficient (Wildman–Crippen LogP) is 9.00. The summed E-state index contributed by atoms with van der Waals surface area (Å²) in [5.41, 5.74) is 2.79. The number of aromatic nitrogens is 1. The third-order valence-electron chi connectivity index (χ3n) is 16.9. The summed E-state index contributed by atoms with van der Waals surface area (Å²) in [7, 11) is 0. The number of anilines is 1. The van der Waals surface area contributed by atoms with Crippen LogP contribution in [-0.4, -0.2) is 151 Å². The summed E-state index contributed by atoms with van der Waals surface area (Å²) in [4.78, 5) is 67.1. The second-order valence-corrected chi connectivity index (χ2v) is 24.2. The van der Waals surface area contributed by atoms with Crippen LogP contribution in [0.3, 0.4) is 0 Å². The molecule has 2 amide bonds. The fourth-order valence-electron chi connectivity index (χ4n) is 11.0. The fraction of sp³-hybridized carbons (Fsp3) is 0.574. The number of carbonyl (C=O) groups is 4. The summed E-state index contributed by atoms with van der Waals surface area (Å²) in [5, 5.41) is 15.3. The van der Waals surface area contributed by atoms with Crippen LogP contribution in [0, 0.1) is 46.1 Å². The maximum Gasteiger partial charge on any atom is 0.408 e. The molecule has 87 heavy (non-hydrogen) atoms. The van der Waals surface area contributed by atoms with Gasteiger partial charge in [0.1, 0.15) is 35.7 Å². The number of piperazine rings is 1. The third-order valence-corrected chi connectivity index (χ3v) is 16.9. The number of aliphatic hydroxyl groups is 1. The Bertz CT molecular complexity index is 3010. The van der Waals surface area contributed by atoms with Crippen molar-refractivity contribution in [3.63, 3.8) is 0 Å². The standard InChI is InChI=1S/C61H72F10N8O8/c1-58(2,60(66,67)68)46(28-53(82)86-43-16-17-43)55(83)76-78(23-5-6-45-47(62)25-38(26-48(45)63)49(72)21-22-73-56(64)65)32-51(81)39(27-50(80)54(59(3,4)61(69,70)71)75-57(84)87-44-18-19-44)24-36-10-7-35(8-11-36)9-12-37-13-20-52(74-29-37)77-30-40-14-15-41(31-77)79(40)42-33-85-34-42/h7-8,10-11,13,20-22,25-26,29,39-44,46,51,54,56,81H,5-6,14-19,23-24,27-28,30-34,72H2,1-4H3,(H,75,84)(H,76,83)/t39-,40?,41?,46-,51+,54-/m1/s1. The molecule has 5 fully saturated rings. The van der Waals surface area contributed by atoms with Crippen molar-refractivity contribution in [3.8, 4) is 11.8 Å². The van der Waals surface area contributed by atoms with E-state index in [0.29, 0.717) is 94.4 Å². The number of esters is 1. The van der Waals surface area contributed by atoms with Crippen LogP contribution in [-0.2, 0) is 41.4 Å². The smallest absolute Gasteiger partial charge is 0.408 e. The fourth-order valence-corrected chi connectivity index (χ4v) is 11.0. The maximum absolute atomic E-state index is 15.6. The summed E-state index contributed by atoms with van der Waals surface area (Å²) >= 11 is 0. The Morgan fingerprint density at radius 1 is 0.839 bits per heavy atom. The molecule has 4 heterocycles. The van der Waals surface area contributed by atoms with Crippen molar-refractivity contribution < 1.29 is 82.4 Å². The highest BCUT2D eigenvalue weighted by Crippen LogP contribution is 2.46. The molecule has 5 aliphatic rings. The number of alkyl carbamates (subject to hydrolysis) is 1. The number of pyridine rings is 1. The molecule has 2 bridgehead atoms. The van der Waals surface area contributed by atoms with E-state index in [1.807, 2.05) is 12.1 Å². The first kappa shape index (κ1) is 66.1. The van der Waals surface area contributed by atoms with Gasteiger partial charge in [-0.05, 0) is 126 Å². The zero-order valence-corrected chi connectivity index (χ0v) is 48.5. The lowest BCUT2D eigenvalue weighted by Gasteiger charge is -2.47. The Balaban J connectivity index is 1.05. The van der Waals surface area contributed by atoms with E-state index in [9.17, 15) is 59.4 Å². The number of hydrogen-bond donors (Lipinski definition) is 4. The van der Waals surface area contributed by atoms with Gasteiger partial charge in [0.2, 0.25) is 5.91 Å². The highest BCUT2D eigenvalue weighted by atomic mass is 19.4. The number of hydrogen-bond acceptors (Lipinski definition) is 14. The van der Waals surface area contributed by atoms with E-state index < -0.39 is 139 Å². The number of carbonyl (C=O) groups excluding carboxylic acids is 4. The summed E-state index contributed by atoms with van der Waals surface area (Å²) in [6.45, 7) is 1.65. The molecule has 6 atom stereocenters. The number of ketones is 1. The van der Waals surface area contributed by atoms with E-state index in [1.54, 1.807) is 30.5 Å². The van der Waals surface area contributed by atoms with E-state index in [-0.39, 0.29) is 24.1 Å². The Labute approximate surface area is 497 Å². The minimum atomic E-state index is -5.09. The van der Waals surface area contributed by atoms with Crippen molar-refractivity contribution in [2.75, 3.05) is 44.3 Å². The number of fused-ring (bicyclic) bond motifs is 2. The Hall–Kier alpha value is -6.82. The zero-order chi connectivity index (χ0) is 63.2. The number of aliphatic hydroxyl groups excluding tert-OH is 1. The molecule has 474 valence electrons. The van der Waals surface area contributed by atoms with Gasteiger partial charge >= 0.3 is 31.0 Å². The second kappa shape index (κ2) is 27.7. The number of hydrazine groups is 1. The molecule has 5 N–H and O–H groups in total. The minimum absolute atomic E-state index is 0.241. The lowest BCUT2D eigenvalue weighted by Crippen LogP contribution is -2.62. The molecule has 2 unspecified atom stereocenters. The van der Waals surface area contributed by atoms with Crippen LogP contribution in [0.2, 0.25) is 0 Å². The number of allylic oxidation sites excluding steroid dienone is 1. The number of benzene rings is 2. The minimum Gasteiger partial charge on any atom is -0.462 e. The number of nitrogens with zero attached hydrogens (tertiary/aromatic N) is 5. The molecule has 16 nitrogen and oxygen atoms in total. The molecule has 2 saturated carbocycles. The average molecular weight is 1240 g/mol. The molecule has 2 aromatic carbocycles. The van der Waals surface area contributed by atoms with Crippen molar-refractivity contribution >= 4 is 41.5 Å². The number of halogens is 10. The Morgan fingerprint density at radius 3 is 1.99 bits per heavy atom. The molecule has 3 aliphatic heterocycles. The number of aliphatic imine (C=N–C) groups is 1. The maximum atomic E-state index is 15.6. The number of rotatable bonds is 26. The van der Waals surface area contributed by atoms with Gasteiger partial charge in [-0.15, -0.1) is 0 Å². The van der Waals surface area contributed by atoms with E-state index in [1.165, 1.54) is 0 Å². The molecular formula is C61H72F10N8O8. The zero-order valence-electron chi connectivity index (χ0n) is 48.5. The van der Waals surface area contributed by atoms with E-state index in [4.69, 9.17) is 24.9 Å². The molecule has 1 aromatic heterocycles. The van der Waals surface area contributed by atoms with E-state index >= 15 is 8.78 Å². The molecule has 2 aliphatic carbocycles. The molecular weight excluding hydrogens is 1160 g/mol. The van der Waals surface area contributed by atoms with Gasteiger partial charge < -0.3 is 35.3 Å². The molecule has 26 heteroatoms. The normalized spacial score (nSPS) is 20.1. The topological polar surface area (TPSA) is 201 Å². The number of nitrogens with one attached hydrogen (secondary N) is 2. The SMILES string of the molecule is CC(C)([C@H](CC(=O)OC1CC1)C(=O)NN(CCCc1c(F)cc(C(N)=CC=NC(F)F)cc1F)C[C@H](O)[C@@H](CC(=O)[C@@H](NC(=O)OC1CC1)C(C)(C)C(F)(F)F)Cc1ccc(C#Cc2ccc(N3CC4CCC(C3)N4C3COC3)nc2)cc1)C(F)(F)F. The molecule has 8 rings (SSSR count). The molecule has 0 radical (unpaired) electrons. The van der Waals surface area contributed by atoms with Crippen molar-refractivity contribution in [1.29, 1.82) is 0 Å². The van der Waals surface area contributed by atoms with Gasteiger partial charge in [-0.2, -0.15) is 35.1 Å². The summed E-state index contributed by atoms with van der Waals surface area (Å²) in [6.07, 6.45) is -10.2. The third kappa shape index (κ3) is 17.3. The van der Waals surface area contributed by atoms with Crippen LogP contribution >= 0.6 is 0 Å². The monoisotopic (exact) mass is 1230 g/mol. The first-order valence-electron chi connectivity index (χ1n) is 29.0. The number of Topliss-reactive ketones (excluding diaryl/α,β-unsaturated/α-hetero) is 1. The van der Waals surface area contributed by atoms with Gasteiger partial charge in [-0.1, -0.05) is 37.8 Å². The number of alkyl halides is 8. The summed E-state index contributed by atoms with van der Waals surface area (Å²) in [5.74, 6) is -2.56. The Kier molecular flexibility index (Phi) is 21.1. The largest absolute Gasteiger partial charge is 0.462 e. The van der Waals surface area contributed by atoms with Crippen LogP contribution in [0.5, 0.6) is 0 Å². The Morgan fingerprint density at radius 2 is 1.44 bits per heavy atom. The summed E-state index contributed by atoms with van der Waals surface area (Å²) < 4.78 is 161. The van der Waals surface area contributed by atoms with Gasteiger partial charge in [-0.3, -0.25) is 24.7 Å². The lowest BCUT2D eigenvalue weighted by atomic mass is 9.75. The highest BCUT2D eigenvalue weighted by Gasteiger charge is 2.57. The van der Waals surface area contributed by atoms with Crippen molar-refractivity contribution in [2.45, 2.75) is 160 Å². The van der Waals surface area contributed by atoms with Crippen LogP contribution in [0.25, 0.3) is 5.70 Å². The predicted molar refractivity (Wildman–Crippen MR) is 299 cm³/mol. The van der Waals surface area contributed by atoms with Crippen LogP contribution in [0.4, 0.5) is 54.5 Å². The molecule has 3 aromatic rings. The lowest BCUT2D eigenvalue weighted by molar-refractivity contribution is -0.231. The van der Waals surface area contributed by atoms with Crippen molar-refractivity contribution in [1.82, 2.24) is 25.6 Å².